The number of benzene rings is 2. The summed E-state index contributed by atoms with van der Waals surface area (Å²) in [5.74, 6) is -0.490. The lowest BCUT2D eigenvalue weighted by molar-refractivity contribution is -0.114. The van der Waals surface area contributed by atoms with Crippen molar-refractivity contribution >= 4 is 28.9 Å². The van der Waals surface area contributed by atoms with E-state index in [-0.39, 0.29) is 18.3 Å². The topological polar surface area (TPSA) is 41.1 Å². The van der Waals surface area contributed by atoms with Gasteiger partial charge >= 0.3 is 0 Å². The highest BCUT2D eigenvalue weighted by molar-refractivity contribution is 6.33. The Bertz CT molecular complexity index is 631. The predicted molar refractivity (Wildman–Crippen MR) is 79.7 cm³/mol. The van der Waals surface area contributed by atoms with Gasteiger partial charge in [0.05, 0.1) is 17.3 Å². The maximum absolute atomic E-state index is 13.1. The molecule has 0 aliphatic rings. The Morgan fingerprint density at radius 2 is 2.00 bits per heavy atom. The van der Waals surface area contributed by atoms with E-state index in [0.717, 1.165) is 0 Å². The molecule has 0 radical (unpaired) electrons. The Balaban J connectivity index is 1.92. The summed E-state index contributed by atoms with van der Waals surface area (Å²) in [5, 5.41) is 6.11. The minimum absolute atomic E-state index is 0.0797. The Hall–Kier alpha value is -2.07. The van der Waals surface area contributed by atoms with Crippen LogP contribution in [0.2, 0.25) is 5.02 Å². The minimum atomic E-state index is -0.268. The van der Waals surface area contributed by atoms with E-state index in [2.05, 4.69) is 10.6 Å². The van der Waals surface area contributed by atoms with Gasteiger partial charge in [0.1, 0.15) is 5.82 Å². The van der Waals surface area contributed by atoms with Crippen molar-refractivity contribution in [2.24, 2.45) is 0 Å². The average Bonchev–Trinajstić information content (AvgIpc) is 2.43. The van der Waals surface area contributed by atoms with Crippen LogP contribution in [-0.2, 0) is 4.79 Å². The highest BCUT2D eigenvalue weighted by atomic mass is 35.5. The summed E-state index contributed by atoms with van der Waals surface area (Å²) >= 11 is 5.95. The van der Waals surface area contributed by atoms with E-state index >= 15 is 0 Å². The van der Waals surface area contributed by atoms with Crippen molar-refractivity contribution in [2.75, 3.05) is 17.2 Å². The van der Waals surface area contributed by atoms with Crippen molar-refractivity contribution in [3.63, 3.8) is 0 Å². The van der Waals surface area contributed by atoms with Crippen molar-refractivity contribution in [2.45, 2.75) is 6.92 Å². The van der Waals surface area contributed by atoms with Gasteiger partial charge in [0.15, 0.2) is 0 Å². The number of para-hydroxylation sites is 1. The zero-order valence-corrected chi connectivity index (χ0v) is 11.7. The molecule has 2 N–H and O–H groups in total. The molecule has 2 aromatic carbocycles. The molecule has 0 aromatic heterocycles. The van der Waals surface area contributed by atoms with Crippen LogP contribution in [0.1, 0.15) is 5.56 Å². The number of aryl methyl sites for hydroxylation is 1. The van der Waals surface area contributed by atoms with Gasteiger partial charge in [0, 0.05) is 5.69 Å². The Kier molecular flexibility index (Phi) is 4.58. The molecule has 2 rings (SSSR count). The van der Waals surface area contributed by atoms with Gasteiger partial charge < -0.3 is 10.6 Å². The highest BCUT2D eigenvalue weighted by Crippen LogP contribution is 2.20. The Morgan fingerprint density at radius 1 is 1.25 bits per heavy atom. The maximum Gasteiger partial charge on any atom is 0.243 e. The van der Waals surface area contributed by atoms with Crippen molar-refractivity contribution < 1.29 is 9.18 Å². The zero-order valence-electron chi connectivity index (χ0n) is 10.9. The molecule has 2 aromatic rings. The smallest absolute Gasteiger partial charge is 0.243 e. The minimum Gasteiger partial charge on any atom is -0.376 e. The van der Waals surface area contributed by atoms with Crippen molar-refractivity contribution in [3.05, 3.63) is 58.9 Å². The number of hydrogen-bond donors (Lipinski definition) is 2. The molecule has 20 heavy (non-hydrogen) atoms. The second kappa shape index (κ2) is 6.39. The van der Waals surface area contributed by atoms with Crippen molar-refractivity contribution in [1.82, 2.24) is 0 Å². The van der Waals surface area contributed by atoms with E-state index < -0.39 is 0 Å². The third-order valence-electron chi connectivity index (χ3n) is 2.76. The first kappa shape index (κ1) is 14.3. The largest absolute Gasteiger partial charge is 0.376 e. The number of rotatable bonds is 4. The van der Waals surface area contributed by atoms with E-state index in [1.807, 2.05) is 0 Å². The molecule has 0 atom stereocenters. The number of amides is 1. The second-order valence-corrected chi connectivity index (χ2v) is 4.75. The van der Waals surface area contributed by atoms with Gasteiger partial charge in [-0.25, -0.2) is 4.39 Å². The van der Waals surface area contributed by atoms with Crippen LogP contribution in [0, 0.1) is 12.7 Å². The maximum atomic E-state index is 13.1. The van der Waals surface area contributed by atoms with E-state index in [9.17, 15) is 9.18 Å². The molecule has 0 saturated carbocycles. The SMILES string of the molecule is Cc1cc(NCC(=O)Nc2ccccc2Cl)ccc1F. The van der Waals surface area contributed by atoms with Crippen LogP contribution < -0.4 is 10.6 Å². The van der Waals surface area contributed by atoms with Gasteiger partial charge in [-0.15, -0.1) is 0 Å². The normalized spacial score (nSPS) is 10.2. The average molecular weight is 293 g/mol. The summed E-state index contributed by atoms with van der Waals surface area (Å²) in [6, 6.07) is 11.6. The molecule has 0 unspecified atom stereocenters. The molecule has 0 saturated heterocycles. The van der Waals surface area contributed by atoms with E-state index in [1.54, 1.807) is 43.3 Å². The summed E-state index contributed by atoms with van der Waals surface area (Å²) in [7, 11) is 0. The van der Waals surface area contributed by atoms with Gasteiger partial charge in [-0.1, -0.05) is 23.7 Å². The standard InChI is InChI=1S/C15H14ClFN2O/c1-10-8-11(6-7-13(10)17)18-9-15(20)19-14-5-3-2-4-12(14)16/h2-8,18H,9H2,1H3,(H,19,20). The zero-order chi connectivity index (χ0) is 14.5. The number of anilines is 2. The van der Waals surface area contributed by atoms with Gasteiger partial charge in [-0.05, 0) is 42.8 Å². The molecule has 0 spiro atoms. The van der Waals surface area contributed by atoms with Crippen LogP contribution in [-0.4, -0.2) is 12.5 Å². The number of carbonyl (C=O) groups is 1. The fourth-order valence-corrected chi connectivity index (χ4v) is 1.88. The van der Waals surface area contributed by atoms with Gasteiger partial charge in [0.2, 0.25) is 5.91 Å². The van der Waals surface area contributed by atoms with Crippen molar-refractivity contribution in [3.8, 4) is 0 Å². The molecule has 0 fully saturated rings. The third-order valence-corrected chi connectivity index (χ3v) is 3.09. The molecule has 104 valence electrons. The first-order chi connectivity index (χ1) is 9.56. The number of halogens is 2. The van der Waals surface area contributed by atoms with Crippen molar-refractivity contribution in [1.29, 1.82) is 0 Å². The first-order valence-electron chi connectivity index (χ1n) is 6.10. The van der Waals surface area contributed by atoms with Crippen LogP contribution in [0.25, 0.3) is 0 Å². The van der Waals surface area contributed by atoms with Gasteiger partial charge in [0.25, 0.3) is 0 Å². The summed E-state index contributed by atoms with van der Waals surface area (Å²) in [4.78, 5) is 11.8. The molecular weight excluding hydrogens is 279 g/mol. The molecule has 0 bridgehead atoms. The number of carbonyl (C=O) groups excluding carboxylic acids is 1. The Morgan fingerprint density at radius 3 is 2.70 bits per heavy atom. The second-order valence-electron chi connectivity index (χ2n) is 4.35. The van der Waals surface area contributed by atoms with E-state index in [1.165, 1.54) is 6.07 Å². The van der Waals surface area contributed by atoms with Gasteiger partial charge in [-0.3, -0.25) is 4.79 Å². The van der Waals surface area contributed by atoms with Crippen LogP contribution >= 0.6 is 11.6 Å². The molecule has 0 heterocycles. The molecular formula is C15H14ClFN2O. The summed E-state index contributed by atoms with van der Waals surface area (Å²) in [5.41, 5.74) is 1.79. The van der Waals surface area contributed by atoms with Crippen LogP contribution in [0.4, 0.5) is 15.8 Å². The predicted octanol–water partition coefficient (Wildman–Crippen LogP) is 3.84. The molecule has 5 heteroatoms. The molecule has 0 aliphatic carbocycles. The third kappa shape index (κ3) is 3.71. The summed E-state index contributed by atoms with van der Waals surface area (Å²) in [6.45, 7) is 1.75. The van der Waals surface area contributed by atoms with Gasteiger partial charge in [-0.2, -0.15) is 0 Å². The van der Waals surface area contributed by atoms with Crippen LogP contribution in [0.3, 0.4) is 0 Å². The summed E-state index contributed by atoms with van der Waals surface area (Å²) < 4.78 is 13.1. The molecule has 1 amide bonds. The number of hydrogen-bond acceptors (Lipinski definition) is 2. The van der Waals surface area contributed by atoms with Crippen LogP contribution in [0.5, 0.6) is 0 Å². The monoisotopic (exact) mass is 292 g/mol. The van der Waals surface area contributed by atoms with Crippen LogP contribution in [0.15, 0.2) is 42.5 Å². The van der Waals surface area contributed by atoms with E-state index in [4.69, 9.17) is 11.6 Å². The summed E-state index contributed by atoms with van der Waals surface area (Å²) in [6.07, 6.45) is 0. The lowest BCUT2D eigenvalue weighted by atomic mass is 10.2. The fourth-order valence-electron chi connectivity index (χ4n) is 1.69. The highest BCUT2D eigenvalue weighted by Gasteiger charge is 2.05. The first-order valence-corrected chi connectivity index (χ1v) is 6.48. The lowest BCUT2D eigenvalue weighted by Crippen LogP contribution is -2.21. The molecule has 3 nitrogen and oxygen atoms in total. The van der Waals surface area contributed by atoms with E-state index in [0.29, 0.717) is 22.0 Å². The quantitative estimate of drug-likeness (QED) is 0.899. The lowest BCUT2D eigenvalue weighted by Gasteiger charge is -2.09. The molecule has 0 aliphatic heterocycles. The Labute approximate surface area is 121 Å². The fraction of sp³-hybridized carbons (Fsp3) is 0.133. The number of nitrogens with one attached hydrogen (secondary N) is 2.